The van der Waals surface area contributed by atoms with Gasteiger partial charge in [0.2, 0.25) is 5.91 Å². The van der Waals surface area contributed by atoms with E-state index in [1.807, 2.05) is 0 Å². The SMILES string of the molecule is CC(O)C1C(=O)N(c2ncc(Cl)cc2F)CC(=O)N1Cc1ccc(C(F)(F)F)cc1. The van der Waals surface area contributed by atoms with Crippen LogP contribution in [0.5, 0.6) is 0 Å². The minimum Gasteiger partial charge on any atom is -0.391 e. The lowest BCUT2D eigenvalue weighted by Gasteiger charge is -2.41. The molecular formula is C19H16ClF4N3O3. The first-order chi connectivity index (χ1) is 14.0. The normalized spacial score (nSPS) is 18.7. The molecule has 0 saturated carbocycles. The zero-order valence-electron chi connectivity index (χ0n) is 15.5. The minimum atomic E-state index is -4.51. The topological polar surface area (TPSA) is 73.7 Å². The summed E-state index contributed by atoms with van der Waals surface area (Å²) in [5.74, 6) is -2.72. The fourth-order valence-electron chi connectivity index (χ4n) is 3.19. The fourth-order valence-corrected chi connectivity index (χ4v) is 3.33. The van der Waals surface area contributed by atoms with Gasteiger partial charge in [-0.3, -0.25) is 14.5 Å². The van der Waals surface area contributed by atoms with Gasteiger partial charge in [0.25, 0.3) is 5.91 Å². The lowest BCUT2D eigenvalue weighted by Crippen LogP contribution is -2.63. The zero-order valence-corrected chi connectivity index (χ0v) is 16.3. The van der Waals surface area contributed by atoms with Gasteiger partial charge in [0.05, 0.1) is 16.7 Å². The fraction of sp³-hybridized carbons (Fsp3) is 0.316. The van der Waals surface area contributed by atoms with Crippen LogP contribution in [-0.2, 0) is 22.3 Å². The second-order valence-corrected chi connectivity index (χ2v) is 7.22. The Morgan fingerprint density at radius 1 is 1.27 bits per heavy atom. The molecule has 11 heteroatoms. The molecule has 2 unspecified atom stereocenters. The first kappa shape index (κ1) is 22.0. The van der Waals surface area contributed by atoms with Crippen molar-refractivity contribution in [1.82, 2.24) is 9.88 Å². The van der Waals surface area contributed by atoms with Gasteiger partial charge >= 0.3 is 6.18 Å². The van der Waals surface area contributed by atoms with Gasteiger partial charge in [-0.05, 0) is 30.7 Å². The summed E-state index contributed by atoms with van der Waals surface area (Å²) in [6.07, 6.45) is -4.72. The van der Waals surface area contributed by atoms with E-state index in [9.17, 15) is 32.3 Å². The van der Waals surface area contributed by atoms with Crippen LogP contribution in [-0.4, -0.2) is 45.5 Å². The molecular weight excluding hydrogens is 430 g/mol. The number of anilines is 1. The summed E-state index contributed by atoms with van der Waals surface area (Å²) in [7, 11) is 0. The largest absolute Gasteiger partial charge is 0.416 e. The Bertz CT molecular complexity index is 966. The number of alkyl halides is 3. The monoisotopic (exact) mass is 445 g/mol. The third-order valence-electron chi connectivity index (χ3n) is 4.60. The third-order valence-corrected chi connectivity index (χ3v) is 4.81. The van der Waals surface area contributed by atoms with E-state index in [-0.39, 0.29) is 11.6 Å². The lowest BCUT2D eigenvalue weighted by atomic mass is 10.0. The number of aliphatic hydroxyl groups is 1. The number of carbonyl (C=O) groups is 2. The number of aliphatic hydroxyl groups excluding tert-OH is 1. The maximum absolute atomic E-state index is 14.2. The predicted molar refractivity (Wildman–Crippen MR) is 99.0 cm³/mol. The van der Waals surface area contributed by atoms with E-state index in [0.29, 0.717) is 5.56 Å². The van der Waals surface area contributed by atoms with Gasteiger partial charge in [0.15, 0.2) is 11.6 Å². The molecule has 2 aromatic rings. The first-order valence-electron chi connectivity index (χ1n) is 8.75. The molecule has 1 saturated heterocycles. The smallest absolute Gasteiger partial charge is 0.391 e. The maximum atomic E-state index is 14.2. The molecule has 1 fully saturated rings. The van der Waals surface area contributed by atoms with Crippen molar-refractivity contribution in [2.75, 3.05) is 11.4 Å². The van der Waals surface area contributed by atoms with E-state index >= 15 is 0 Å². The second kappa shape index (κ2) is 8.19. The van der Waals surface area contributed by atoms with Crippen LogP contribution in [0.15, 0.2) is 36.5 Å². The highest BCUT2D eigenvalue weighted by Gasteiger charge is 2.43. The molecule has 1 aromatic heterocycles. The summed E-state index contributed by atoms with van der Waals surface area (Å²) < 4.78 is 52.4. The summed E-state index contributed by atoms with van der Waals surface area (Å²) in [6, 6.07) is 3.67. The summed E-state index contributed by atoms with van der Waals surface area (Å²) >= 11 is 5.66. The van der Waals surface area contributed by atoms with Crippen molar-refractivity contribution >= 4 is 29.2 Å². The summed E-state index contributed by atoms with van der Waals surface area (Å²) in [5.41, 5.74) is -0.520. The molecule has 2 amide bonds. The van der Waals surface area contributed by atoms with Crippen LogP contribution in [0.3, 0.4) is 0 Å². The van der Waals surface area contributed by atoms with Crippen LogP contribution in [0.2, 0.25) is 5.02 Å². The molecule has 0 aliphatic carbocycles. The third kappa shape index (κ3) is 4.39. The highest BCUT2D eigenvalue weighted by atomic mass is 35.5. The highest BCUT2D eigenvalue weighted by Crippen LogP contribution is 2.30. The van der Waals surface area contributed by atoms with E-state index < -0.39 is 53.9 Å². The van der Waals surface area contributed by atoms with E-state index in [4.69, 9.17) is 11.6 Å². The Hall–Kier alpha value is -2.72. The van der Waals surface area contributed by atoms with Crippen LogP contribution in [0.1, 0.15) is 18.1 Å². The second-order valence-electron chi connectivity index (χ2n) is 6.79. The van der Waals surface area contributed by atoms with Crippen LogP contribution in [0.4, 0.5) is 23.4 Å². The van der Waals surface area contributed by atoms with Gasteiger partial charge in [-0.15, -0.1) is 0 Å². The lowest BCUT2D eigenvalue weighted by molar-refractivity contribution is -0.148. The number of hydrogen-bond acceptors (Lipinski definition) is 4. The van der Waals surface area contributed by atoms with Gasteiger partial charge < -0.3 is 10.0 Å². The Balaban J connectivity index is 1.88. The Kier molecular flexibility index (Phi) is 6.00. The number of amides is 2. The van der Waals surface area contributed by atoms with Crippen LogP contribution >= 0.6 is 11.6 Å². The molecule has 1 aliphatic heterocycles. The molecule has 3 rings (SSSR count). The van der Waals surface area contributed by atoms with Crippen LogP contribution < -0.4 is 4.90 Å². The molecule has 2 atom stereocenters. The van der Waals surface area contributed by atoms with Crippen LogP contribution in [0.25, 0.3) is 0 Å². The molecule has 1 aromatic carbocycles. The number of nitrogens with zero attached hydrogens (tertiary/aromatic N) is 3. The number of aromatic nitrogens is 1. The molecule has 30 heavy (non-hydrogen) atoms. The van der Waals surface area contributed by atoms with E-state index in [1.54, 1.807) is 0 Å². The molecule has 1 N–H and O–H groups in total. The van der Waals surface area contributed by atoms with Crippen molar-refractivity contribution in [2.24, 2.45) is 0 Å². The Morgan fingerprint density at radius 3 is 2.43 bits per heavy atom. The summed E-state index contributed by atoms with van der Waals surface area (Å²) in [5, 5.41) is 10.1. The van der Waals surface area contributed by atoms with Gasteiger partial charge in [0, 0.05) is 12.7 Å². The van der Waals surface area contributed by atoms with Crippen molar-refractivity contribution in [1.29, 1.82) is 0 Å². The van der Waals surface area contributed by atoms with Crippen molar-refractivity contribution in [3.63, 3.8) is 0 Å². The number of benzene rings is 1. The van der Waals surface area contributed by atoms with Gasteiger partial charge in [-0.1, -0.05) is 23.7 Å². The number of halogens is 5. The van der Waals surface area contributed by atoms with Crippen molar-refractivity contribution in [2.45, 2.75) is 31.8 Å². The highest BCUT2D eigenvalue weighted by molar-refractivity contribution is 6.30. The minimum absolute atomic E-state index is 0.00282. The number of carbonyl (C=O) groups excluding carboxylic acids is 2. The number of rotatable bonds is 4. The Labute approximate surface area is 173 Å². The van der Waals surface area contributed by atoms with Gasteiger partial charge in [-0.2, -0.15) is 13.2 Å². The number of pyridine rings is 1. The van der Waals surface area contributed by atoms with E-state index in [0.717, 1.165) is 34.2 Å². The average Bonchev–Trinajstić information content (AvgIpc) is 2.64. The molecule has 2 heterocycles. The Morgan fingerprint density at radius 2 is 1.90 bits per heavy atom. The predicted octanol–water partition coefficient (Wildman–Crippen LogP) is 3.02. The maximum Gasteiger partial charge on any atom is 0.416 e. The molecule has 0 radical (unpaired) electrons. The van der Waals surface area contributed by atoms with Gasteiger partial charge in [-0.25, -0.2) is 9.37 Å². The summed E-state index contributed by atoms with van der Waals surface area (Å²) in [6.45, 7) is 0.529. The standard InChI is InChI=1S/C19H16ClF4N3O3/c1-10(28)16-18(30)27(17-14(21)6-13(20)7-25-17)9-15(29)26(16)8-11-2-4-12(5-3-11)19(22,23)24/h2-7,10,16,28H,8-9H2,1H3. The summed E-state index contributed by atoms with van der Waals surface area (Å²) in [4.78, 5) is 31.3. The first-order valence-corrected chi connectivity index (χ1v) is 9.13. The van der Waals surface area contributed by atoms with Gasteiger partial charge in [0.1, 0.15) is 12.6 Å². The molecule has 6 nitrogen and oxygen atoms in total. The van der Waals surface area contributed by atoms with Crippen molar-refractivity contribution in [3.8, 4) is 0 Å². The van der Waals surface area contributed by atoms with E-state index in [1.165, 1.54) is 19.1 Å². The molecule has 0 spiro atoms. The van der Waals surface area contributed by atoms with E-state index in [2.05, 4.69) is 4.98 Å². The van der Waals surface area contributed by atoms with Crippen molar-refractivity contribution in [3.05, 3.63) is 58.5 Å². The molecule has 0 bridgehead atoms. The average molecular weight is 446 g/mol. The molecule has 160 valence electrons. The van der Waals surface area contributed by atoms with Crippen molar-refractivity contribution < 1.29 is 32.3 Å². The number of hydrogen-bond donors (Lipinski definition) is 1. The number of piperazine rings is 1. The van der Waals surface area contributed by atoms with Crippen LogP contribution in [0, 0.1) is 5.82 Å². The quantitative estimate of drug-likeness (QED) is 0.734. The molecule has 1 aliphatic rings. The zero-order chi connectivity index (χ0) is 22.2.